The minimum atomic E-state index is -0.806. The summed E-state index contributed by atoms with van der Waals surface area (Å²) in [6.45, 7) is 0.802. The van der Waals surface area contributed by atoms with E-state index in [1.807, 2.05) is 0 Å². The number of nitrogens with zero attached hydrogens (tertiary/aromatic N) is 1. The van der Waals surface area contributed by atoms with Gasteiger partial charge in [-0.15, -0.1) is 0 Å². The van der Waals surface area contributed by atoms with E-state index >= 15 is 0 Å². The van der Waals surface area contributed by atoms with Crippen LogP contribution in [0.4, 0.5) is 0 Å². The van der Waals surface area contributed by atoms with E-state index in [0.29, 0.717) is 0 Å². The Morgan fingerprint density at radius 3 is 1.32 bits per heavy atom. The Hall–Kier alpha value is 0.969. The summed E-state index contributed by atoms with van der Waals surface area (Å²) >= 11 is 0. The maximum atomic E-state index is 5.64. The molecule has 0 amide bonds. The molecular weight excluding hydrogens is 209 g/mol. The van der Waals surface area contributed by atoms with Gasteiger partial charge in [-0.1, -0.05) is 0 Å². The molecule has 1 nitrogen and oxygen atoms in total. The van der Waals surface area contributed by atoms with Crippen molar-refractivity contribution in [2.75, 3.05) is 0 Å². The van der Waals surface area contributed by atoms with E-state index in [1.54, 1.807) is 0 Å². The topological polar surface area (TPSA) is 12.4 Å². The summed E-state index contributed by atoms with van der Waals surface area (Å²) in [6.07, 6.45) is -4.11. The van der Waals surface area contributed by atoms with Crippen molar-refractivity contribution in [1.82, 2.24) is 0 Å². The van der Waals surface area contributed by atoms with Crippen LogP contribution in [0.1, 0.15) is 0 Å². The van der Waals surface area contributed by atoms with Crippen LogP contribution >= 0.6 is 0 Å². The first-order chi connectivity index (χ1) is 8.72. The molecule has 0 heterocycles. The van der Waals surface area contributed by atoms with Crippen molar-refractivity contribution in [3.05, 3.63) is 0 Å². The van der Waals surface area contributed by atoms with Gasteiger partial charge in [0.05, 0.1) is 0 Å². The molecule has 0 saturated heterocycles. The van der Waals surface area contributed by atoms with E-state index < -0.39 is 44.9 Å². The third kappa shape index (κ3) is 6.98. The van der Waals surface area contributed by atoms with Crippen LogP contribution in [0, 0.1) is 0 Å². The molecule has 0 unspecified atom stereocenters. The zero-order valence-corrected chi connectivity index (χ0v) is 10.8. The zero-order valence-electron chi connectivity index (χ0n) is 10.8. The summed E-state index contributed by atoms with van der Waals surface area (Å²) in [7, 11) is 51.4. The van der Waals surface area contributed by atoms with Crippen LogP contribution in [0.3, 0.4) is 0 Å². The van der Waals surface area contributed by atoms with Gasteiger partial charge in [-0.05, 0) is 0 Å². The van der Waals surface area contributed by atoms with Crippen molar-refractivity contribution >= 4 is 129 Å². The van der Waals surface area contributed by atoms with Gasteiger partial charge in [0.2, 0.25) is 0 Å². The maximum absolute atomic E-state index is 5.64. The van der Waals surface area contributed by atoms with Crippen molar-refractivity contribution < 1.29 is 0 Å². The van der Waals surface area contributed by atoms with Crippen LogP contribution in [-0.2, 0) is 0 Å². The van der Waals surface area contributed by atoms with Crippen LogP contribution in [0.5, 0.6) is 0 Å². The molecule has 0 spiro atoms. The molecule has 0 saturated carbocycles. The normalized spacial score (nSPS) is 9.26. The second-order valence-electron chi connectivity index (χ2n) is 4.45. The number of rotatable bonds is 8. The van der Waals surface area contributed by atoms with E-state index in [1.165, 1.54) is 14.0 Å². The first-order valence-electron chi connectivity index (χ1n) is 5.85. The molecule has 0 aromatic rings. The second-order valence-corrected chi connectivity index (χ2v) is 4.45. The zero-order chi connectivity index (χ0) is 15.2. The van der Waals surface area contributed by atoms with Gasteiger partial charge in [-0.2, -0.15) is 0 Å². The van der Waals surface area contributed by atoms with Crippen LogP contribution in [0.15, 0.2) is 4.81 Å². The average molecular weight is 209 g/mol. The third-order valence-corrected chi connectivity index (χ3v) is 2.77. The number of hydrogen-bond acceptors (Lipinski definition) is 1. The number of hydrogen-bond donors (Lipinski definition) is 0. The average Bonchev–Trinajstić information content (AvgIpc) is 2.26. The van der Waals surface area contributed by atoms with Gasteiger partial charge in [-0.25, -0.2) is 0 Å². The molecule has 0 N–H and O–H groups in total. The molecule has 0 rings (SSSR count). The quantitative estimate of drug-likeness (QED) is 0.352. The molecule has 0 aliphatic heterocycles. The Labute approximate surface area is 133 Å². The fourth-order valence-corrected chi connectivity index (χ4v) is 1.58. The predicted octanol–water partition coefficient (Wildman–Crippen LogP) is -6.67. The van der Waals surface area contributed by atoms with Crippen molar-refractivity contribution in [1.29, 1.82) is 0 Å². The molecule has 59 valence electrons. The van der Waals surface area contributed by atoms with Gasteiger partial charge >= 0.3 is 133 Å². The van der Waals surface area contributed by atoms with Crippen LogP contribution in [0.2, 0.25) is 0 Å². The summed E-state index contributed by atoms with van der Waals surface area (Å²) < 4.78 is 0. The predicted molar refractivity (Wildman–Crippen MR) is 106 cm³/mol. The van der Waals surface area contributed by atoms with Crippen molar-refractivity contribution in [3.63, 3.8) is 0 Å². The Balaban J connectivity index is 5.01. The van der Waals surface area contributed by atoms with Gasteiger partial charge < -0.3 is 0 Å². The summed E-state index contributed by atoms with van der Waals surface area (Å²) in [6, 6.07) is 0. The minimum absolute atomic E-state index is 0.500. The standard InChI is InChI=1S/B18N/c1-10-16(12(2)3)18(15(8)9)19-11-17(13(4)5)14(6)7. The Morgan fingerprint density at radius 2 is 1.05 bits per heavy atom. The van der Waals surface area contributed by atoms with Gasteiger partial charge in [0.25, 0.3) is 0 Å². The molecule has 0 aliphatic rings. The first-order valence-corrected chi connectivity index (χ1v) is 5.85. The Bertz CT molecular complexity index is 242. The van der Waals surface area contributed by atoms with Gasteiger partial charge in [0, 0.05) is 0 Å². The summed E-state index contributed by atoms with van der Waals surface area (Å²) in [5.74, 6) is 0. The van der Waals surface area contributed by atoms with Crippen molar-refractivity contribution in [2.45, 2.75) is 0 Å². The monoisotopic (exact) mass is 212 g/mol. The van der Waals surface area contributed by atoms with Crippen molar-refractivity contribution in [2.24, 2.45) is 4.81 Å². The Morgan fingerprint density at radius 1 is 0.632 bits per heavy atom. The second kappa shape index (κ2) is 9.82. The molecule has 19 heteroatoms. The molecule has 19 heavy (non-hydrogen) atoms. The molecule has 0 aromatic carbocycles. The van der Waals surface area contributed by atoms with Crippen molar-refractivity contribution in [3.8, 4) is 0 Å². The molecule has 19 radical (unpaired) electrons. The third-order valence-electron chi connectivity index (χ3n) is 2.77. The fraction of sp³-hybridized carbons (Fsp3) is 0. The van der Waals surface area contributed by atoms with E-state index in [9.17, 15) is 0 Å². The molecule has 0 aromatic heterocycles. The van der Waals surface area contributed by atoms with Crippen LogP contribution in [-0.4, -0.2) is 129 Å². The van der Waals surface area contributed by atoms with E-state index in [-0.39, 0.29) is 0 Å². The van der Waals surface area contributed by atoms with Crippen LogP contribution in [0.25, 0.3) is 0 Å². The summed E-state index contributed by atoms with van der Waals surface area (Å²) in [4.78, 5) is 4.19. The summed E-state index contributed by atoms with van der Waals surface area (Å²) in [5, 5.41) is 0. The summed E-state index contributed by atoms with van der Waals surface area (Å²) in [5.41, 5.74) is 0. The van der Waals surface area contributed by atoms with Gasteiger partial charge in [-0.3, -0.25) is 0 Å². The van der Waals surface area contributed by atoms with E-state index in [4.69, 9.17) is 69.6 Å². The van der Waals surface area contributed by atoms with Gasteiger partial charge in [0.15, 0.2) is 0 Å². The molecule has 0 bridgehead atoms. The fourth-order valence-electron chi connectivity index (χ4n) is 1.58. The molecule has 0 fully saturated rings. The Kier molecular flexibility index (Phi) is 10.3. The molecule has 0 aliphatic carbocycles. The van der Waals surface area contributed by atoms with Crippen LogP contribution < -0.4 is 0 Å². The first kappa shape index (κ1) is 20.0. The molecule has 0 atom stereocenters. The van der Waals surface area contributed by atoms with E-state index in [2.05, 4.69) is 4.81 Å². The molecular formula is B18N. The van der Waals surface area contributed by atoms with Gasteiger partial charge in [0.1, 0.15) is 0 Å². The SMILES string of the molecule is [B][B]B(B([B])[B])B(N=BB(B([B])[B])B([B])[B])B([B])[B]. The van der Waals surface area contributed by atoms with E-state index in [0.717, 1.165) is 0 Å².